The van der Waals surface area contributed by atoms with Gasteiger partial charge in [-0.2, -0.15) is 0 Å². The van der Waals surface area contributed by atoms with Gasteiger partial charge in [-0.15, -0.1) is 0 Å². The summed E-state index contributed by atoms with van der Waals surface area (Å²) < 4.78 is 6.48. The summed E-state index contributed by atoms with van der Waals surface area (Å²) in [5.74, 6) is 1.48. The Kier molecular flexibility index (Phi) is 6.61. The number of rotatable bonds is 4. The molecule has 0 fully saturated rings. The summed E-state index contributed by atoms with van der Waals surface area (Å²) in [6, 6.07) is 0. The highest BCUT2D eigenvalue weighted by Crippen LogP contribution is 2.49. The number of hydrogen-bond donors (Lipinski definition) is 1. The first-order valence-electron chi connectivity index (χ1n) is 8.35. The van der Waals surface area contributed by atoms with E-state index >= 15 is 0 Å². The van der Waals surface area contributed by atoms with E-state index in [0.29, 0.717) is 5.75 Å². The first kappa shape index (κ1) is 20.8. The third-order valence-corrected chi connectivity index (χ3v) is 6.78. The zero-order valence-corrected chi connectivity index (χ0v) is 18.2. The largest absolute Gasteiger partial charge is 1.00 e. The number of fused-ring (bicyclic) bond motifs is 1. The van der Waals surface area contributed by atoms with Crippen LogP contribution in [0.15, 0.2) is 0 Å². The number of aromatic hydroxyl groups is 1. The van der Waals surface area contributed by atoms with Gasteiger partial charge in [0.2, 0.25) is 0 Å². The van der Waals surface area contributed by atoms with Crippen molar-refractivity contribution in [2.24, 2.45) is 0 Å². The average molecular weight is 403 g/mol. The Morgan fingerprint density at radius 1 is 1.09 bits per heavy atom. The van der Waals surface area contributed by atoms with Gasteiger partial charge in [-0.1, -0.05) is 0 Å². The van der Waals surface area contributed by atoms with Crippen LogP contribution in [-0.2, 0) is 6.42 Å². The topological polar surface area (TPSA) is 29.5 Å². The zero-order chi connectivity index (χ0) is 16.7. The number of halogens is 1. The van der Waals surface area contributed by atoms with E-state index in [-0.39, 0.29) is 22.6 Å². The summed E-state index contributed by atoms with van der Waals surface area (Å²) in [4.78, 5) is 0. The summed E-state index contributed by atoms with van der Waals surface area (Å²) in [6.07, 6.45) is 5.77. The van der Waals surface area contributed by atoms with Crippen LogP contribution in [0.5, 0.6) is 11.5 Å². The molecule has 1 N–H and O–H groups in total. The lowest BCUT2D eigenvalue weighted by Gasteiger charge is -2.38. The summed E-state index contributed by atoms with van der Waals surface area (Å²) in [7, 11) is -0.700. The van der Waals surface area contributed by atoms with Crippen LogP contribution >= 0.6 is 7.26 Å². The molecule has 4 heteroatoms. The van der Waals surface area contributed by atoms with E-state index in [2.05, 4.69) is 33.8 Å². The standard InChI is InChI=1S/C19H31O2P.BrH/c1-13-14(2)18-16(15(3)17(13)20)9-11-19(4,21-18)10-8-12-22(5,6)7;/h8-12H2,1-7H3;1H. The van der Waals surface area contributed by atoms with Gasteiger partial charge in [-0.25, -0.2) is 0 Å². The maximum Gasteiger partial charge on any atom is 0.127 e. The zero-order valence-electron chi connectivity index (χ0n) is 15.7. The van der Waals surface area contributed by atoms with E-state index in [4.69, 9.17) is 4.74 Å². The van der Waals surface area contributed by atoms with Crippen LogP contribution in [-0.4, -0.2) is 36.9 Å². The minimum atomic E-state index is -0.700. The van der Waals surface area contributed by atoms with Gasteiger partial charge < -0.3 is 26.8 Å². The molecule has 1 atom stereocenters. The van der Waals surface area contributed by atoms with E-state index in [9.17, 15) is 5.11 Å². The Morgan fingerprint density at radius 2 is 1.70 bits per heavy atom. The molecule has 1 aliphatic rings. The molecule has 0 bridgehead atoms. The van der Waals surface area contributed by atoms with E-state index in [0.717, 1.165) is 41.7 Å². The predicted molar refractivity (Wildman–Crippen MR) is 98.5 cm³/mol. The molecule has 0 spiro atoms. The first-order chi connectivity index (χ1) is 10.0. The lowest BCUT2D eigenvalue weighted by Crippen LogP contribution is -3.00. The molecule has 0 aliphatic carbocycles. The van der Waals surface area contributed by atoms with Crippen molar-refractivity contribution in [3.8, 4) is 11.5 Å². The van der Waals surface area contributed by atoms with Crippen molar-refractivity contribution < 1.29 is 26.8 Å². The van der Waals surface area contributed by atoms with Crippen molar-refractivity contribution in [3.05, 3.63) is 22.3 Å². The molecule has 1 aliphatic heterocycles. The van der Waals surface area contributed by atoms with Gasteiger partial charge in [0, 0.05) is 32.8 Å². The lowest BCUT2D eigenvalue weighted by atomic mass is 9.85. The van der Waals surface area contributed by atoms with Crippen LogP contribution in [0.1, 0.15) is 48.4 Å². The molecule has 2 nitrogen and oxygen atoms in total. The Bertz CT molecular complexity index is 578. The van der Waals surface area contributed by atoms with Crippen molar-refractivity contribution in [1.29, 1.82) is 0 Å². The third kappa shape index (κ3) is 4.63. The van der Waals surface area contributed by atoms with Crippen LogP contribution in [0, 0.1) is 20.8 Å². The normalized spacial score (nSPS) is 20.5. The molecular weight excluding hydrogens is 371 g/mol. The van der Waals surface area contributed by atoms with Crippen molar-refractivity contribution >= 4 is 7.26 Å². The van der Waals surface area contributed by atoms with E-state index < -0.39 is 7.26 Å². The molecule has 0 saturated heterocycles. The average Bonchev–Trinajstić information content (AvgIpc) is 2.41. The van der Waals surface area contributed by atoms with Crippen LogP contribution in [0.4, 0.5) is 0 Å². The Hall–Kier alpha value is -0.270. The molecule has 23 heavy (non-hydrogen) atoms. The monoisotopic (exact) mass is 402 g/mol. The fourth-order valence-corrected chi connectivity index (χ4v) is 4.50. The van der Waals surface area contributed by atoms with Gasteiger partial charge in [0.1, 0.15) is 17.1 Å². The molecule has 2 rings (SSSR count). The fourth-order valence-electron chi connectivity index (χ4n) is 3.40. The van der Waals surface area contributed by atoms with Gasteiger partial charge in [-0.05, 0) is 70.1 Å². The Labute approximate surface area is 153 Å². The molecule has 0 radical (unpaired) electrons. The second kappa shape index (κ2) is 7.31. The quantitative estimate of drug-likeness (QED) is 0.781. The molecule has 0 aromatic heterocycles. The number of phenols is 1. The highest BCUT2D eigenvalue weighted by atomic mass is 79.9. The lowest BCUT2D eigenvalue weighted by molar-refractivity contribution is -0.0000114. The van der Waals surface area contributed by atoms with Crippen molar-refractivity contribution in [2.45, 2.75) is 59.0 Å². The highest BCUT2D eigenvalue weighted by Gasteiger charge is 2.34. The third-order valence-electron chi connectivity index (χ3n) is 5.13. The second-order valence-electron chi connectivity index (χ2n) is 8.20. The second-order valence-corrected chi connectivity index (χ2v) is 13.2. The van der Waals surface area contributed by atoms with Crippen LogP contribution < -0.4 is 21.7 Å². The van der Waals surface area contributed by atoms with Gasteiger partial charge >= 0.3 is 0 Å². The maximum absolute atomic E-state index is 10.3. The van der Waals surface area contributed by atoms with E-state index in [1.54, 1.807) is 0 Å². The highest BCUT2D eigenvalue weighted by molar-refractivity contribution is 7.73. The van der Waals surface area contributed by atoms with Crippen molar-refractivity contribution in [3.63, 3.8) is 0 Å². The number of hydrogen-bond acceptors (Lipinski definition) is 2. The van der Waals surface area contributed by atoms with Crippen LogP contribution in [0.25, 0.3) is 0 Å². The van der Waals surface area contributed by atoms with E-state index in [1.807, 2.05) is 13.8 Å². The smallest absolute Gasteiger partial charge is 0.127 e. The first-order valence-corrected chi connectivity index (χ1v) is 11.7. The molecule has 132 valence electrons. The van der Waals surface area contributed by atoms with Crippen molar-refractivity contribution in [1.82, 2.24) is 0 Å². The number of ether oxygens (including phenoxy) is 1. The SMILES string of the molecule is Cc1c(C)c2c(c(C)c1O)CCC(C)(CCC[P+](C)(C)C)O2.[Br-]. The van der Waals surface area contributed by atoms with Crippen LogP contribution in [0.3, 0.4) is 0 Å². The molecule has 1 unspecified atom stereocenters. The predicted octanol–water partition coefficient (Wildman–Crippen LogP) is 2.09. The summed E-state index contributed by atoms with van der Waals surface area (Å²) in [5.41, 5.74) is 4.22. The molecule has 1 aromatic carbocycles. The molecule has 0 amide bonds. The fraction of sp³-hybridized carbons (Fsp3) is 0.684. The summed E-state index contributed by atoms with van der Waals surface area (Å²) >= 11 is 0. The Morgan fingerprint density at radius 3 is 2.26 bits per heavy atom. The summed E-state index contributed by atoms with van der Waals surface area (Å²) in [5, 5.41) is 10.3. The molecule has 1 heterocycles. The summed E-state index contributed by atoms with van der Waals surface area (Å²) in [6.45, 7) is 15.5. The maximum atomic E-state index is 10.3. The molecular formula is C19H32BrO2P. The molecule has 0 saturated carbocycles. The number of benzene rings is 1. The van der Waals surface area contributed by atoms with Gasteiger partial charge in [0.15, 0.2) is 0 Å². The van der Waals surface area contributed by atoms with Crippen molar-refractivity contribution in [2.75, 3.05) is 26.2 Å². The minimum Gasteiger partial charge on any atom is -1.00 e. The van der Waals surface area contributed by atoms with Crippen LogP contribution in [0.2, 0.25) is 0 Å². The number of phenolic OH excluding ortho intramolecular Hbond substituents is 1. The molecule has 1 aromatic rings. The van der Waals surface area contributed by atoms with E-state index in [1.165, 1.54) is 18.1 Å². The van der Waals surface area contributed by atoms with Gasteiger partial charge in [0.25, 0.3) is 0 Å². The minimum absolute atomic E-state index is 0. The van der Waals surface area contributed by atoms with Gasteiger partial charge in [0.05, 0.1) is 6.16 Å². The Balaban J connectivity index is 0.00000264. The van der Waals surface area contributed by atoms with Gasteiger partial charge in [-0.3, -0.25) is 0 Å².